The van der Waals surface area contributed by atoms with Crippen molar-refractivity contribution in [2.75, 3.05) is 32.7 Å². The van der Waals surface area contributed by atoms with Crippen LogP contribution < -0.4 is 20.1 Å². The third-order valence-electron chi connectivity index (χ3n) is 6.64. The number of benzene rings is 1. The van der Waals surface area contributed by atoms with E-state index in [-0.39, 0.29) is 11.6 Å². The molecule has 2 aromatic heterocycles. The van der Waals surface area contributed by atoms with Crippen molar-refractivity contribution in [2.24, 2.45) is 0 Å². The van der Waals surface area contributed by atoms with Crippen molar-refractivity contribution in [1.82, 2.24) is 19.7 Å². The van der Waals surface area contributed by atoms with Crippen LogP contribution in [-0.4, -0.2) is 87.7 Å². The first-order valence-corrected chi connectivity index (χ1v) is 15.2. The minimum Gasteiger partial charge on any atom is -0.491 e. The molecule has 236 valence electrons. The maximum Gasteiger partial charge on any atom is 0.459 e. The lowest BCUT2D eigenvalue weighted by Crippen LogP contribution is -2.45. The van der Waals surface area contributed by atoms with Gasteiger partial charge in [-0.1, -0.05) is 0 Å². The minimum atomic E-state index is -4.33. The molecule has 43 heavy (non-hydrogen) atoms. The predicted molar refractivity (Wildman–Crippen MR) is 153 cm³/mol. The van der Waals surface area contributed by atoms with Gasteiger partial charge in [-0.05, 0) is 64.1 Å². The summed E-state index contributed by atoms with van der Waals surface area (Å²) in [6.07, 6.45) is -3.06. The number of anilines is 1. The van der Waals surface area contributed by atoms with E-state index in [2.05, 4.69) is 15.2 Å². The van der Waals surface area contributed by atoms with Crippen molar-refractivity contribution in [1.29, 1.82) is 0 Å². The van der Waals surface area contributed by atoms with Gasteiger partial charge in [0.15, 0.2) is 5.82 Å². The molecule has 15 nitrogen and oxygen atoms in total. The van der Waals surface area contributed by atoms with Crippen molar-refractivity contribution >= 4 is 25.1 Å². The van der Waals surface area contributed by atoms with E-state index in [1.807, 2.05) is 0 Å². The topological polar surface area (TPSA) is 198 Å². The molecule has 1 unspecified atom stereocenters. The summed E-state index contributed by atoms with van der Waals surface area (Å²) in [5, 5.41) is 28.7. The zero-order valence-corrected chi connectivity index (χ0v) is 25.5. The zero-order valence-electron chi connectivity index (χ0n) is 24.6. The Labute approximate surface area is 248 Å². The molecule has 1 aromatic carbocycles. The van der Waals surface area contributed by atoms with Crippen molar-refractivity contribution in [3.05, 3.63) is 48.4 Å². The monoisotopic (exact) mass is 623 g/mol. The number of aliphatic hydroxyl groups is 2. The second kappa shape index (κ2) is 13.6. The number of hydrogen-bond acceptors (Lipinski definition) is 13. The molecule has 0 saturated carbocycles. The fraction of sp³-hybridized carbons (Fsp3) is 0.519. The van der Waals surface area contributed by atoms with Crippen LogP contribution in [0.4, 0.5) is 5.82 Å². The predicted octanol–water partition coefficient (Wildman–Crippen LogP) is 2.02. The van der Waals surface area contributed by atoms with E-state index >= 15 is 0 Å². The molecule has 6 atom stereocenters. The van der Waals surface area contributed by atoms with Crippen LogP contribution in [0.3, 0.4) is 0 Å². The summed E-state index contributed by atoms with van der Waals surface area (Å²) in [6, 6.07) is 8.47. The molecule has 3 aromatic rings. The Bertz CT molecular complexity index is 1440. The molecule has 1 aliphatic rings. The van der Waals surface area contributed by atoms with Gasteiger partial charge < -0.3 is 39.4 Å². The standard InChI is InChI=1S/C27H38N5O10P/c1-16(2)40-26(35)17(3)31-43(36,42-19-8-6-18(7-9-19)38-13-12-37-5)39-14-27(4)24(34)22(33)23(41-27)20-10-11-21-25(28)29-15-30-32(20)21/h6-11,15-17,22-24,33-34H,12-14H2,1-5H3,(H,31,36)(H2,28,29,30)/t17-,22-,23-,24-,27+,43?/m0/s1. The fourth-order valence-corrected chi connectivity index (χ4v) is 5.99. The van der Waals surface area contributed by atoms with Gasteiger partial charge in [-0.25, -0.2) is 14.1 Å². The van der Waals surface area contributed by atoms with Crippen LogP contribution in [0.15, 0.2) is 42.7 Å². The van der Waals surface area contributed by atoms with Gasteiger partial charge in [0, 0.05) is 7.11 Å². The zero-order chi connectivity index (χ0) is 31.4. The van der Waals surface area contributed by atoms with Crippen LogP contribution in [-0.2, 0) is 28.1 Å². The van der Waals surface area contributed by atoms with E-state index in [0.29, 0.717) is 30.2 Å². The Balaban J connectivity index is 1.53. The highest BCUT2D eigenvalue weighted by molar-refractivity contribution is 7.52. The second-order valence-electron chi connectivity index (χ2n) is 10.5. The largest absolute Gasteiger partial charge is 0.491 e. The Morgan fingerprint density at radius 1 is 1.16 bits per heavy atom. The van der Waals surface area contributed by atoms with Crippen molar-refractivity contribution in [3.8, 4) is 11.5 Å². The highest BCUT2D eigenvalue weighted by atomic mass is 31.2. The van der Waals surface area contributed by atoms with Gasteiger partial charge in [0.1, 0.15) is 59.9 Å². The van der Waals surface area contributed by atoms with Gasteiger partial charge in [0.2, 0.25) is 0 Å². The Hall–Kier alpha value is -3.30. The lowest BCUT2D eigenvalue weighted by Gasteiger charge is -2.30. The van der Waals surface area contributed by atoms with Gasteiger partial charge in [0.05, 0.1) is 25.0 Å². The molecule has 0 radical (unpaired) electrons. The fourth-order valence-electron chi connectivity index (χ4n) is 4.41. The smallest absolute Gasteiger partial charge is 0.459 e. The molecule has 5 N–H and O–H groups in total. The number of carbonyl (C=O) groups excluding carboxylic acids is 1. The van der Waals surface area contributed by atoms with E-state index in [4.69, 9.17) is 33.7 Å². The summed E-state index contributed by atoms with van der Waals surface area (Å²) in [4.78, 5) is 16.5. The second-order valence-corrected chi connectivity index (χ2v) is 12.2. The maximum absolute atomic E-state index is 14.0. The molecule has 1 fully saturated rings. The lowest BCUT2D eigenvalue weighted by atomic mass is 9.97. The Morgan fingerprint density at radius 2 is 1.86 bits per heavy atom. The first kappa shape index (κ1) is 32.6. The molecule has 16 heteroatoms. The first-order valence-electron chi connectivity index (χ1n) is 13.6. The van der Waals surface area contributed by atoms with Gasteiger partial charge in [-0.2, -0.15) is 10.2 Å². The summed E-state index contributed by atoms with van der Waals surface area (Å²) >= 11 is 0. The summed E-state index contributed by atoms with van der Waals surface area (Å²) in [7, 11) is -2.77. The van der Waals surface area contributed by atoms with Crippen LogP contribution in [0.1, 0.15) is 39.5 Å². The molecule has 1 saturated heterocycles. The number of nitrogens with two attached hydrogens (primary N) is 1. The number of ether oxygens (including phenoxy) is 4. The van der Waals surface area contributed by atoms with E-state index in [1.165, 1.54) is 36.8 Å². The number of rotatable bonds is 14. The van der Waals surface area contributed by atoms with Gasteiger partial charge in [-0.15, -0.1) is 0 Å². The van der Waals surface area contributed by atoms with Crippen LogP contribution >= 0.6 is 7.75 Å². The molecule has 0 amide bonds. The molecule has 4 rings (SSSR count). The summed E-state index contributed by atoms with van der Waals surface area (Å²) in [5.74, 6) is 0.225. The third-order valence-corrected chi connectivity index (χ3v) is 8.27. The number of esters is 1. The quantitative estimate of drug-likeness (QED) is 0.116. The number of nitrogen functional groups attached to an aromatic ring is 1. The summed E-state index contributed by atoms with van der Waals surface area (Å²) in [6.45, 7) is 6.55. The van der Waals surface area contributed by atoms with Crippen LogP contribution in [0.2, 0.25) is 0 Å². The molecule has 0 spiro atoms. The third kappa shape index (κ3) is 7.62. The SMILES string of the molecule is COCCOc1ccc(OP(=O)(N[C@@H](C)C(=O)OC(C)C)OC[C@@]2(C)O[C@@H](c3ccc4c(N)ncnn34)[C@H](O)[C@@H]2O)cc1. The number of nitrogens with zero attached hydrogens (tertiary/aromatic N) is 3. The van der Waals surface area contributed by atoms with Crippen LogP contribution in [0.25, 0.3) is 5.52 Å². The summed E-state index contributed by atoms with van der Waals surface area (Å²) < 4.78 is 48.9. The molecule has 0 bridgehead atoms. The van der Waals surface area contributed by atoms with Gasteiger partial charge in [-0.3, -0.25) is 9.32 Å². The van der Waals surface area contributed by atoms with Gasteiger partial charge in [0.25, 0.3) is 0 Å². The van der Waals surface area contributed by atoms with Crippen molar-refractivity contribution in [2.45, 2.75) is 63.8 Å². The van der Waals surface area contributed by atoms with Crippen molar-refractivity contribution in [3.63, 3.8) is 0 Å². The molecular formula is C27H38N5O10P. The van der Waals surface area contributed by atoms with E-state index < -0.39 is 56.4 Å². The molecule has 3 heterocycles. The highest BCUT2D eigenvalue weighted by Gasteiger charge is 2.54. The Kier molecular flexibility index (Phi) is 10.3. The highest BCUT2D eigenvalue weighted by Crippen LogP contribution is 2.48. The van der Waals surface area contributed by atoms with Crippen molar-refractivity contribution < 1.29 is 47.6 Å². The number of aliphatic hydroxyl groups excluding tert-OH is 2. The Morgan fingerprint density at radius 3 is 2.53 bits per heavy atom. The number of methoxy groups -OCH3 is 1. The number of carbonyl (C=O) groups is 1. The number of nitrogens with one attached hydrogen (secondary N) is 1. The van der Waals surface area contributed by atoms with Gasteiger partial charge >= 0.3 is 13.7 Å². The average Bonchev–Trinajstić information content (AvgIpc) is 3.48. The van der Waals surface area contributed by atoms with E-state index in [0.717, 1.165) is 0 Å². The number of fused-ring (bicyclic) bond motifs is 1. The normalized spacial score (nSPS) is 24.1. The average molecular weight is 624 g/mol. The van der Waals surface area contributed by atoms with E-state index in [1.54, 1.807) is 45.2 Å². The first-order chi connectivity index (χ1) is 20.4. The van der Waals surface area contributed by atoms with Crippen LogP contribution in [0.5, 0.6) is 11.5 Å². The summed E-state index contributed by atoms with van der Waals surface area (Å²) in [5.41, 5.74) is 5.27. The molecular weight excluding hydrogens is 585 g/mol. The lowest BCUT2D eigenvalue weighted by molar-refractivity contribution is -0.149. The number of hydrogen-bond donors (Lipinski definition) is 4. The molecule has 1 aliphatic heterocycles. The van der Waals surface area contributed by atoms with E-state index in [9.17, 15) is 19.6 Å². The number of aromatic nitrogens is 3. The minimum absolute atomic E-state index is 0.146. The maximum atomic E-state index is 14.0. The molecule has 0 aliphatic carbocycles. The van der Waals surface area contributed by atoms with Crippen LogP contribution in [0, 0.1) is 0 Å².